The van der Waals surface area contributed by atoms with Gasteiger partial charge >= 0.3 is 0 Å². The standard InChI is InChI=1S/C21H26N2O/c1-13-8-16(4)18(17(5)9-13)12-23-20-11-15(3)14(2)10-19(20)22-21(23)6-7-24/h8-11,24H,6-7,12H2,1-5H3. The van der Waals surface area contributed by atoms with E-state index in [0.717, 1.165) is 23.4 Å². The Labute approximate surface area is 144 Å². The lowest BCUT2D eigenvalue weighted by molar-refractivity contribution is 0.295. The zero-order valence-electron chi connectivity index (χ0n) is 15.3. The van der Waals surface area contributed by atoms with Gasteiger partial charge in [-0.3, -0.25) is 0 Å². The van der Waals surface area contributed by atoms with Crippen molar-refractivity contribution < 1.29 is 5.11 Å². The molecular weight excluding hydrogens is 296 g/mol. The molecule has 0 bridgehead atoms. The molecule has 1 heterocycles. The Kier molecular flexibility index (Phi) is 4.46. The molecule has 0 aliphatic heterocycles. The van der Waals surface area contributed by atoms with Crippen molar-refractivity contribution in [3.05, 3.63) is 63.5 Å². The molecule has 0 saturated heterocycles. The van der Waals surface area contributed by atoms with E-state index in [1.165, 1.54) is 33.4 Å². The Hall–Kier alpha value is -2.13. The van der Waals surface area contributed by atoms with Crippen LogP contribution in [0.25, 0.3) is 11.0 Å². The van der Waals surface area contributed by atoms with Crippen LogP contribution in [-0.2, 0) is 13.0 Å². The molecule has 3 nitrogen and oxygen atoms in total. The van der Waals surface area contributed by atoms with Crippen LogP contribution in [-0.4, -0.2) is 21.3 Å². The average Bonchev–Trinajstić information content (AvgIpc) is 2.80. The molecule has 0 amide bonds. The summed E-state index contributed by atoms with van der Waals surface area (Å²) in [5.74, 6) is 0.955. The Balaban J connectivity index is 2.17. The third-order valence-corrected chi connectivity index (χ3v) is 4.93. The van der Waals surface area contributed by atoms with Crippen LogP contribution in [0.5, 0.6) is 0 Å². The monoisotopic (exact) mass is 322 g/mol. The van der Waals surface area contributed by atoms with E-state index in [1.54, 1.807) is 0 Å². The molecule has 2 aromatic carbocycles. The quantitative estimate of drug-likeness (QED) is 0.783. The van der Waals surface area contributed by atoms with Crippen molar-refractivity contribution in [3.63, 3.8) is 0 Å². The molecule has 0 radical (unpaired) electrons. The van der Waals surface area contributed by atoms with E-state index in [4.69, 9.17) is 4.98 Å². The Morgan fingerprint density at radius 2 is 1.50 bits per heavy atom. The number of rotatable bonds is 4. The first-order chi connectivity index (χ1) is 11.4. The van der Waals surface area contributed by atoms with Crippen molar-refractivity contribution in [2.75, 3.05) is 6.61 Å². The Morgan fingerprint density at radius 3 is 2.12 bits per heavy atom. The second kappa shape index (κ2) is 6.40. The minimum absolute atomic E-state index is 0.118. The van der Waals surface area contributed by atoms with Crippen LogP contribution in [0.4, 0.5) is 0 Å². The zero-order chi connectivity index (χ0) is 17.4. The van der Waals surface area contributed by atoms with Crippen LogP contribution in [0.2, 0.25) is 0 Å². The second-order valence-electron chi connectivity index (χ2n) is 6.89. The number of aryl methyl sites for hydroxylation is 5. The van der Waals surface area contributed by atoms with Gasteiger partial charge in [0.1, 0.15) is 5.82 Å². The maximum absolute atomic E-state index is 9.44. The van der Waals surface area contributed by atoms with Gasteiger partial charge in [-0.25, -0.2) is 4.98 Å². The van der Waals surface area contributed by atoms with Crippen molar-refractivity contribution in [2.45, 2.75) is 47.6 Å². The SMILES string of the molecule is Cc1cc(C)c(Cn2c(CCO)nc3cc(C)c(C)cc32)c(C)c1. The summed E-state index contributed by atoms with van der Waals surface area (Å²) in [6.45, 7) is 11.7. The van der Waals surface area contributed by atoms with Gasteiger partial charge in [0.05, 0.1) is 17.6 Å². The van der Waals surface area contributed by atoms with Gasteiger partial charge in [0.2, 0.25) is 0 Å². The lowest BCUT2D eigenvalue weighted by Crippen LogP contribution is -2.09. The van der Waals surface area contributed by atoms with Gasteiger partial charge < -0.3 is 9.67 Å². The van der Waals surface area contributed by atoms with E-state index in [2.05, 4.69) is 63.5 Å². The first-order valence-corrected chi connectivity index (χ1v) is 8.54. The minimum Gasteiger partial charge on any atom is -0.396 e. The maximum atomic E-state index is 9.44. The van der Waals surface area contributed by atoms with Crippen LogP contribution < -0.4 is 0 Å². The Bertz CT molecular complexity index is 883. The third kappa shape index (κ3) is 2.96. The predicted molar refractivity (Wildman–Crippen MR) is 99.8 cm³/mol. The topological polar surface area (TPSA) is 38.0 Å². The van der Waals surface area contributed by atoms with Gasteiger partial charge in [0.15, 0.2) is 0 Å². The van der Waals surface area contributed by atoms with Crippen molar-refractivity contribution in [2.24, 2.45) is 0 Å². The molecule has 0 spiro atoms. The Morgan fingerprint density at radius 1 is 0.875 bits per heavy atom. The number of hydrogen-bond donors (Lipinski definition) is 1. The molecule has 0 aliphatic rings. The summed E-state index contributed by atoms with van der Waals surface area (Å²) in [5.41, 5.74) is 9.97. The van der Waals surface area contributed by atoms with Gasteiger partial charge in [0, 0.05) is 13.0 Å². The van der Waals surface area contributed by atoms with Gasteiger partial charge in [-0.2, -0.15) is 0 Å². The second-order valence-corrected chi connectivity index (χ2v) is 6.89. The highest BCUT2D eigenvalue weighted by atomic mass is 16.3. The van der Waals surface area contributed by atoms with Crippen LogP contribution >= 0.6 is 0 Å². The third-order valence-electron chi connectivity index (χ3n) is 4.93. The van der Waals surface area contributed by atoms with Gasteiger partial charge in [-0.15, -0.1) is 0 Å². The van der Waals surface area contributed by atoms with Crippen LogP contribution in [0.1, 0.15) is 39.2 Å². The number of aromatic nitrogens is 2. The summed E-state index contributed by atoms with van der Waals surface area (Å²) < 4.78 is 2.27. The first-order valence-electron chi connectivity index (χ1n) is 8.54. The fraction of sp³-hybridized carbons (Fsp3) is 0.381. The smallest absolute Gasteiger partial charge is 0.112 e. The fourth-order valence-electron chi connectivity index (χ4n) is 3.51. The van der Waals surface area contributed by atoms with Crippen LogP contribution in [0, 0.1) is 34.6 Å². The number of aliphatic hydroxyl groups is 1. The molecule has 3 heteroatoms. The van der Waals surface area contributed by atoms with E-state index in [0.29, 0.717) is 6.42 Å². The predicted octanol–water partition coefficient (Wildman–Crippen LogP) is 4.16. The van der Waals surface area contributed by atoms with E-state index in [-0.39, 0.29) is 6.61 Å². The maximum Gasteiger partial charge on any atom is 0.112 e. The van der Waals surface area contributed by atoms with E-state index in [1.807, 2.05) is 0 Å². The number of nitrogens with zero attached hydrogens (tertiary/aromatic N) is 2. The molecule has 1 N–H and O–H groups in total. The molecule has 3 rings (SSSR count). The minimum atomic E-state index is 0.118. The average molecular weight is 322 g/mol. The highest BCUT2D eigenvalue weighted by molar-refractivity contribution is 5.78. The molecule has 3 aromatic rings. The molecule has 0 atom stereocenters. The van der Waals surface area contributed by atoms with Gasteiger partial charge in [-0.1, -0.05) is 17.7 Å². The summed E-state index contributed by atoms with van der Waals surface area (Å²) in [6, 6.07) is 8.85. The molecule has 0 unspecified atom stereocenters. The van der Waals surface area contributed by atoms with Crippen molar-refractivity contribution in [3.8, 4) is 0 Å². The summed E-state index contributed by atoms with van der Waals surface area (Å²) in [7, 11) is 0. The number of benzene rings is 2. The molecule has 0 fully saturated rings. The first kappa shape index (κ1) is 16.7. The number of fused-ring (bicyclic) bond motifs is 1. The fourth-order valence-corrected chi connectivity index (χ4v) is 3.51. The largest absolute Gasteiger partial charge is 0.396 e. The van der Waals surface area contributed by atoms with E-state index in [9.17, 15) is 5.11 Å². The number of imidazole rings is 1. The van der Waals surface area contributed by atoms with Crippen LogP contribution in [0.3, 0.4) is 0 Å². The summed E-state index contributed by atoms with van der Waals surface area (Å²) in [5, 5.41) is 9.44. The zero-order valence-corrected chi connectivity index (χ0v) is 15.3. The molecule has 0 saturated carbocycles. The summed E-state index contributed by atoms with van der Waals surface area (Å²) in [4.78, 5) is 4.78. The highest BCUT2D eigenvalue weighted by Crippen LogP contribution is 2.25. The lowest BCUT2D eigenvalue weighted by Gasteiger charge is -2.15. The molecule has 0 aliphatic carbocycles. The van der Waals surface area contributed by atoms with E-state index < -0.39 is 0 Å². The van der Waals surface area contributed by atoms with E-state index >= 15 is 0 Å². The molecule has 24 heavy (non-hydrogen) atoms. The molecule has 1 aromatic heterocycles. The normalized spacial score (nSPS) is 11.4. The van der Waals surface area contributed by atoms with Gasteiger partial charge in [-0.05, 0) is 74.6 Å². The number of hydrogen-bond acceptors (Lipinski definition) is 2. The van der Waals surface area contributed by atoms with Crippen molar-refractivity contribution in [1.29, 1.82) is 0 Å². The number of aliphatic hydroxyl groups excluding tert-OH is 1. The van der Waals surface area contributed by atoms with Crippen molar-refractivity contribution >= 4 is 11.0 Å². The lowest BCUT2D eigenvalue weighted by atomic mass is 9.99. The summed E-state index contributed by atoms with van der Waals surface area (Å²) >= 11 is 0. The van der Waals surface area contributed by atoms with Crippen LogP contribution in [0.15, 0.2) is 24.3 Å². The van der Waals surface area contributed by atoms with Gasteiger partial charge in [0.25, 0.3) is 0 Å². The highest BCUT2D eigenvalue weighted by Gasteiger charge is 2.14. The summed E-state index contributed by atoms with van der Waals surface area (Å²) in [6.07, 6.45) is 0.580. The van der Waals surface area contributed by atoms with Crippen molar-refractivity contribution in [1.82, 2.24) is 9.55 Å². The molecular formula is C21H26N2O. The molecule has 126 valence electrons.